The maximum Gasteiger partial charge on any atom is 0.251 e. The number of nitrogens with zero attached hydrogens (tertiary/aromatic N) is 2. The van der Waals surface area contributed by atoms with Gasteiger partial charge in [0.2, 0.25) is 0 Å². The quantitative estimate of drug-likeness (QED) is 0.919. The topological polar surface area (TPSA) is 35.6 Å². The van der Waals surface area contributed by atoms with E-state index in [0.717, 1.165) is 12.1 Å². The molecule has 4 nitrogen and oxygen atoms in total. The number of carbonyl (C=O) groups excluding carboxylic acids is 1. The SMILES string of the molecule is CNC(=O)c1cccc(CN2C3CC[C@@H]2CN(C)CC3)c1. The van der Waals surface area contributed by atoms with Crippen LogP contribution in [0.1, 0.15) is 35.2 Å². The van der Waals surface area contributed by atoms with Crippen LogP contribution in [0.25, 0.3) is 0 Å². The molecule has 1 N–H and O–H groups in total. The molecule has 1 amide bonds. The van der Waals surface area contributed by atoms with E-state index in [1.165, 1.54) is 37.9 Å². The lowest BCUT2D eigenvalue weighted by Crippen LogP contribution is -2.37. The monoisotopic (exact) mass is 287 g/mol. The summed E-state index contributed by atoms with van der Waals surface area (Å²) in [5.41, 5.74) is 2.01. The van der Waals surface area contributed by atoms with Gasteiger partial charge in [-0.2, -0.15) is 0 Å². The zero-order valence-electron chi connectivity index (χ0n) is 13.0. The Kier molecular flexibility index (Phi) is 4.27. The first-order chi connectivity index (χ1) is 10.2. The van der Waals surface area contributed by atoms with E-state index in [-0.39, 0.29) is 5.91 Å². The normalized spacial score (nSPS) is 26.6. The minimum atomic E-state index is -0.00424. The molecule has 2 bridgehead atoms. The van der Waals surface area contributed by atoms with Gasteiger partial charge < -0.3 is 10.2 Å². The van der Waals surface area contributed by atoms with Crippen LogP contribution < -0.4 is 5.32 Å². The van der Waals surface area contributed by atoms with Crippen LogP contribution in [-0.2, 0) is 6.54 Å². The molecule has 0 saturated carbocycles. The standard InChI is InChI=1S/C17H25N3O/c1-18-17(21)14-5-3-4-13(10-14)11-20-15-6-7-16(20)12-19(2)9-8-15/h3-5,10,15-16H,6-9,11-12H2,1-2H3,(H,18,21)/t15?,16-/m1/s1. The van der Waals surface area contributed by atoms with Crippen LogP contribution in [0.3, 0.4) is 0 Å². The van der Waals surface area contributed by atoms with Crippen molar-refractivity contribution >= 4 is 5.91 Å². The Bertz CT molecular complexity index is 517. The highest BCUT2D eigenvalue weighted by atomic mass is 16.1. The van der Waals surface area contributed by atoms with Gasteiger partial charge in [0.1, 0.15) is 0 Å². The van der Waals surface area contributed by atoms with Crippen molar-refractivity contribution in [2.45, 2.75) is 37.9 Å². The summed E-state index contributed by atoms with van der Waals surface area (Å²) in [6.07, 6.45) is 3.90. The Labute approximate surface area is 127 Å². The molecule has 0 aliphatic carbocycles. The molecule has 4 heteroatoms. The zero-order valence-corrected chi connectivity index (χ0v) is 13.0. The van der Waals surface area contributed by atoms with Crippen LogP contribution in [0.5, 0.6) is 0 Å². The van der Waals surface area contributed by atoms with Gasteiger partial charge in [-0.05, 0) is 50.6 Å². The lowest BCUT2D eigenvalue weighted by Gasteiger charge is -2.28. The summed E-state index contributed by atoms with van der Waals surface area (Å²) in [7, 11) is 3.91. The fraction of sp³-hybridized carbons (Fsp3) is 0.588. The molecule has 2 saturated heterocycles. The number of benzene rings is 1. The summed E-state index contributed by atoms with van der Waals surface area (Å²) in [6.45, 7) is 3.34. The largest absolute Gasteiger partial charge is 0.355 e. The number of likely N-dealkylation sites (N-methyl/N-ethyl adjacent to an activating group) is 1. The summed E-state index contributed by atoms with van der Waals surface area (Å²) < 4.78 is 0. The summed E-state index contributed by atoms with van der Waals surface area (Å²) in [5.74, 6) is -0.00424. The predicted molar refractivity (Wildman–Crippen MR) is 84.3 cm³/mol. The van der Waals surface area contributed by atoms with Gasteiger partial charge in [-0.3, -0.25) is 9.69 Å². The molecule has 1 aromatic rings. The number of likely N-dealkylation sites (tertiary alicyclic amines) is 1. The second-order valence-electron chi connectivity index (χ2n) is 6.39. The Hall–Kier alpha value is -1.39. The van der Waals surface area contributed by atoms with Crippen molar-refractivity contribution < 1.29 is 4.79 Å². The lowest BCUT2D eigenvalue weighted by atomic mass is 10.1. The maximum atomic E-state index is 11.8. The van der Waals surface area contributed by atoms with Gasteiger partial charge in [0.05, 0.1) is 0 Å². The van der Waals surface area contributed by atoms with Gasteiger partial charge in [-0.15, -0.1) is 0 Å². The second kappa shape index (κ2) is 6.16. The molecule has 3 rings (SSSR count). The molecule has 0 aromatic heterocycles. The third-order valence-corrected chi connectivity index (χ3v) is 4.92. The fourth-order valence-corrected chi connectivity index (χ4v) is 3.77. The van der Waals surface area contributed by atoms with Crippen molar-refractivity contribution in [3.05, 3.63) is 35.4 Å². The molecule has 2 fully saturated rings. The molecule has 21 heavy (non-hydrogen) atoms. The Morgan fingerprint density at radius 2 is 2.10 bits per heavy atom. The summed E-state index contributed by atoms with van der Waals surface area (Å²) in [5, 5.41) is 2.70. The minimum absolute atomic E-state index is 0.00424. The first-order valence-electron chi connectivity index (χ1n) is 7.92. The number of nitrogens with one attached hydrogen (secondary N) is 1. The van der Waals surface area contributed by atoms with Crippen LogP contribution in [-0.4, -0.2) is 55.0 Å². The number of amides is 1. The molecule has 1 aromatic carbocycles. The molecule has 2 aliphatic rings. The third-order valence-electron chi connectivity index (χ3n) is 4.92. The van der Waals surface area contributed by atoms with Crippen LogP contribution in [0, 0.1) is 0 Å². The summed E-state index contributed by atoms with van der Waals surface area (Å²) in [4.78, 5) is 16.9. The van der Waals surface area contributed by atoms with Crippen molar-refractivity contribution in [2.75, 3.05) is 27.2 Å². The smallest absolute Gasteiger partial charge is 0.251 e. The first-order valence-corrected chi connectivity index (χ1v) is 7.92. The fourth-order valence-electron chi connectivity index (χ4n) is 3.77. The van der Waals surface area contributed by atoms with Gasteiger partial charge >= 0.3 is 0 Å². The van der Waals surface area contributed by atoms with E-state index in [9.17, 15) is 4.79 Å². The number of carbonyl (C=O) groups is 1. The zero-order chi connectivity index (χ0) is 14.8. The molecule has 2 aliphatic heterocycles. The first kappa shape index (κ1) is 14.5. The summed E-state index contributed by atoms with van der Waals surface area (Å²) >= 11 is 0. The number of rotatable bonds is 3. The molecule has 2 atom stereocenters. The van der Waals surface area contributed by atoms with Gasteiger partial charge in [0.25, 0.3) is 5.91 Å². The molecule has 0 radical (unpaired) electrons. The van der Waals surface area contributed by atoms with Crippen molar-refractivity contribution in [1.29, 1.82) is 0 Å². The highest BCUT2D eigenvalue weighted by Gasteiger charge is 2.36. The molecular weight excluding hydrogens is 262 g/mol. The Balaban J connectivity index is 1.75. The molecule has 1 unspecified atom stereocenters. The molecule has 0 spiro atoms. The van der Waals surface area contributed by atoms with Crippen molar-refractivity contribution in [1.82, 2.24) is 15.1 Å². The molecule has 2 heterocycles. The minimum Gasteiger partial charge on any atom is -0.355 e. The van der Waals surface area contributed by atoms with Gasteiger partial charge in [0, 0.05) is 37.8 Å². The van der Waals surface area contributed by atoms with E-state index in [0.29, 0.717) is 12.1 Å². The highest BCUT2D eigenvalue weighted by molar-refractivity contribution is 5.94. The van der Waals surface area contributed by atoms with E-state index in [1.807, 2.05) is 18.2 Å². The van der Waals surface area contributed by atoms with Gasteiger partial charge in [0.15, 0.2) is 0 Å². The van der Waals surface area contributed by atoms with E-state index >= 15 is 0 Å². The van der Waals surface area contributed by atoms with E-state index in [4.69, 9.17) is 0 Å². The average molecular weight is 287 g/mol. The van der Waals surface area contributed by atoms with Crippen LogP contribution in [0.15, 0.2) is 24.3 Å². The van der Waals surface area contributed by atoms with Crippen molar-refractivity contribution in [2.24, 2.45) is 0 Å². The summed E-state index contributed by atoms with van der Waals surface area (Å²) in [6, 6.07) is 9.43. The van der Waals surface area contributed by atoms with E-state index in [1.54, 1.807) is 7.05 Å². The van der Waals surface area contributed by atoms with Crippen molar-refractivity contribution in [3.8, 4) is 0 Å². The van der Waals surface area contributed by atoms with E-state index in [2.05, 4.69) is 28.2 Å². The maximum absolute atomic E-state index is 11.8. The average Bonchev–Trinajstić information content (AvgIpc) is 2.78. The van der Waals surface area contributed by atoms with Gasteiger partial charge in [-0.1, -0.05) is 12.1 Å². The molecular formula is C17H25N3O. The van der Waals surface area contributed by atoms with E-state index < -0.39 is 0 Å². The third kappa shape index (κ3) is 3.11. The number of hydrogen-bond acceptors (Lipinski definition) is 3. The van der Waals surface area contributed by atoms with Gasteiger partial charge in [-0.25, -0.2) is 0 Å². The van der Waals surface area contributed by atoms with Crippen LogP contribution in [0.4, 0.5) is 0 Å². The Morgan fingerprint density at radius 1 is 1.29 bits per heavy atom. The van der Waals surface area contributed by atoms with Crippen molar-refractivity contribution in [3.63, 3.8) is 0 Å². The second-order valence-corrected chi connectivity index (χ2v) is 6.39. The highest BCUT2D eigenvalue weighted by Crippen LogP contribution is 2.31. The lowest BCUT2D eigenvalue weighted by molar-refractivity contribution is 0.0963. The Morgan fingerprint density at radius 3 is 2.90 bits per heavy atom. The van der Waals surface area contributed by atoms with Crippen LogP contribution in [0.2, 0.25) is 0 Å². The van der Waals surface area contributed by atoms with Crippen LogP contribution >= 0.6 is 0 Å². The molecule has 114 valence electrons. The number of fused-ring (bicyclic) bond motifs is 2. The predicted octanol–water partition coefficient (Wildman–Crippen LogP) is 1.71. The number of hydrogen-bond donors (Lipinski definition) is 1.